The lowest BCUT2D eigenvalue weighted by atomic mass is 10.4. The highest BCUT2D eigenvalue weighted by Gasteiger charge is 2.31. The molecule has 0 amide bonds. The monoisotopic (exact) mass is 260 g/mol. The number of halogens is 1. The number of sulfonamides is 1. The molecule has 1 unspecified atom stereocenters. The smallest absolute Gasteiger partial charge is 0.244 e. The van der Waals surface area contributed by atoms with Crippen LogP contribution < -0.4 is 5.73 Å². The van der Waals surface area contributed by atoms with Gasteiger partial charge in [-0.25, -0.2) is 12.8 Å². The van der Waals surface area contributed by atoms with E-state index in [1.54, 1.807) is 0 Å². The first-order valence-corrected chi connectivity index (χ1v) is 6.56. The third kappa shape index (κ3) is 2.47. The second-order valence-electron chi connectivity index (χ2n) is 3.71. The number of nitrogens with two attached hydrogens (primary N) is 1. The molecule has 17 heavy (non-hydrogen) atoms. The minimum atomic E-state index is -3.67. The summed E-state index contributed by atoms with van der Waals surface area (Å²) in [6.45, 7) is 0.690. The van der Waals surface area contributed by atoms with Crippen molar-refractivity contribution in [3.63, 3.8) is 0 Å². The summed E-state index contributed by atoms with van der Waals surface area (Å²) in [5, 5.41) is 0. The van der Waals surface area contributed by atoms with Gasteiger partial charge in [0.1, 0.15) is 5.82 Å². The van der Waals surface area contributed by atoms with Gasteiger partial charge in [0.2, 0.25) is 10.0 Å². The molecule has 1 aliphatic heterocycles. The van der Waals surface area contributed by atoms with Crippen LogP contribution in [-0.4, -0.2) is 38.6 Å². The number of ether oxygens (including phenoxy) is 1. The van der Waals surface area contributed by atoms with Crippen LogP contribution in [0.2, 0.25) is 0 Å². The SMILES string of the molecule is NC1COCCN1S(=O)(=O)c1ccc(F)cc1. The predicted octanol–water partition coefficient (Wildman–Crippen LogP) is 0.131. The Morgan fingerprint density at radius 3 is 2.59 bits per heavy atom. The van der Waals surface area contributed by atoms with E-state index in [2.05, 4.69) is 0 Å². The lowest BCUT2D eigenvalue weighted by Gasteiger charge is -2.31. The van der Waals surface area contributed by atoms with Crippen molar-refractivity contribution in [2.45, 2.75) is 11.1 Å². The number of hydrogen-bond acceptors (Lipinski definition) is 4. The fourth-order valence-electron chi connectivity index (χ4n) is 1.65. The summed E-state index contributed by atoms with van der Waals surface area (Å²) >= 11 is 0. The molecular formula is C10H13FN2O3S. The molecule has 1 fully saturated rings. The van der Waals surface area contributed by atoms with Crippen LogP contribution in [0.4, 0.5) is 4.39 Å². The number of rotatable bonds is 2. The molecule has 0 spiro atoms. The summed E-state index contributed by atoms with van der Waals surface area (Å²) in [6, 6.07) is 4.68. The molecule has 1 saturated heterocycles. The average Bonchev–Trinajstić information content (AvgIpc) is 2.30. The van der Waals surface area contributed by atoms with Gasteiger partial charge in [-0.2, -0.15) is 4.31 Å². The van der Waals surface area contributed by atoms with E-state index in [4.69, 9.17) is 10.5 Å². The summed E-state index contributed by atoms with van der Waals surface area (Å²) in [5.41, 5.74) is 5.68. The van der Waals surface area contributed by atoms with E-state index in [1.165, 1.54) is 16.4 Å². The maximum Gasteiger partial charge on any atom is 0.244 e. The van der Waals surface area contributed by atoms with Crippen LogP contribution in [0.25, 0.3) is 0 Å². The normalized spacial score (nSPS) is 22.6. The highest BCUT2D eigenvalue weighted by atomic mass is 32.2. The standard InChI is InChI=1S/C10H13FN2O3S/c11-8-1-3-9(4-2-8)17(14,15)13-5-6-16-7-10(13)12/h1-4,10H,5-7,12H2. The highest BCUT2D eigenvalue weighted by molar-refractivity contribution is 7.89. The third-order valence-electron chi connectivity index (χ3n) is 2.53. The van der Waals surface area contributed by atoms with Gasteiger partial charge in [0.05, 0.1) is 24.3 Å². The highest BCUT2D eigenvalue weighted by Crippen LogP contribution is 2.18. The molecule has 94 valence electrons. The molecule has 2 N–H and O–H groups in total. The molecule has 0 bridgehead atoms. The predicted molar refractivity (Wildman–Crippen MR) is 59.1 cm³/mol. The molecule has 0 aliphatic carbocycles. The van der Waals surface area contributed by atoms with Crippen molar-refractivity contribution in [2.24, 2.45) is 5.73 Å². The Hall–Kier alpha value is -1.02. The summed E-state index contributed by atoms with van der Waals surface area (Å²) in [5.74, 6) is -0.477. The number of hydrogen-bond donors (Lipinski definition) is 1. The second-order valence-corrected chi connectivity index (χ2v) is 5.60. The van der Waals surface area contributed by atoms with Gasteiger partial charge in [-0.15, -0.1) is 0 Å². The summed E-state index contributed by atoms with van der Waals surface area (Å²) in [6.07, 6.45) is -0.696. The number of benzene rings is 1. The van der Waals surface area contributed by atoms with Crippen molar-refractivity contribution in [1.82, 2.24) is 4.31 Å². The second kappa shape index (κ2) is 4.69. The average molecular weight is 260 g/mol. The summed E-state index contributed by atoms with van der Waals surface area (Å²) in [7, 11) is -3.67. The maximum absolute atomic E-state index is 12.7. The van der Waals surface area contributed by atoms with Crippen LogP contribution in [0.15, 0.2) is 29.2 Å². The van der Waals surface area contributed by atoms with Gasteiger partial charge in [-0.05, 0) is 24.3 Å². The Balaban J connectivity index is 2.32. The molecule has 0 aromatic heterocycles. The zero-order chi connectivity index (χ0) is 12.5. The quantitative estimate of drug-likeness (QED) is 0.820. The minimum absolute atomic E-state index is 0.0382. The van der Waals surface area contributed by atoms with Crippen LogP contribution in [0, 0.1) is 5.82 Å². The largest absolute Gasteiger partial charge is 0.377 e. The minimum Gasteiger partial charge on any atom is -0.377 e. The topological polar surface area (TPSA) is 72.6 Å². The summed E-state index contributed by atoms with van der Waals surface area (Å²) in [4.78, 5) is 0.0382. The van der Waals surface area contributed by atoms with Gasteiger partial charge in [-0.1, -0.05) is 0 Å². The van der Waals surface area contributed by atoms with Gasteiger partial charge in [0.25, 0.3) is 0 Å². The van der Waals surface area contributed by atoms with E-state index < -0.39 is 22.0 Å². The third-order valence-corrected chi connectivity index (χ3v) is 4.47. The first-order valence-electron chi connectivity index (χ1n) is 5.12. The molecule has 0 saturated carbocycles. The number of nitrogens with zero attached hydrogens (tertiary/aromatic N) is 1. The molecule has 1 aromatic carbocycles. The summed E-state index contributed by atoms with van der Waals surface area (Å²) < 4.78 is 43.3. The molecule has 5 nitrogen and oxygen atoms in total. The van der Waals surface area contributed by atoms with Crippen molar-refractivity contribution in [2.75, 3.05) is 19.8 Å². The molecule has 2 rings (SSSR count). The van der Waals surface area contributed by atoms with Gasteiger partial charge in [0, 0.05) is 6.54 Å². The van der Waals surface area contributed by atoms with Gasteiger partial charge >= 0.3 is 0 Å². The van der Waals surface area contributed by atoms with Crippen molar-refractivity contribution in [1.29, 1.82) is 0 Å². The molecule has 1 aromatic rings. The van der Waals surface area contributed by atoms with Crippen molar-refractivity contribution >= 4 is 10.0 Å². The van der Waals surface area contributed by atoms with Gasteiger partial charge in [0.15, 0.2) is 0 Å². The molecule has 1 atom stereocenters. The van der Waals surface area contributed by atoms with Crippen LogP contribution in [0.5, 0.6) is 0 Å². The first kappa shape index (κ1) is 12.4. The van der Waals surface area contributed by atoms with Crippen molar-refractivity contribution < 1.29 is 17.5 Å². The molecular weight excluding hydrogens is 247 g/mol. The fourth-order valence-corrected chi connectivity index (χ4v) is 3.13. The fraction of sp³-hybridized carbons (Fsp3) is 0.400. The van der Waals surface area contributed by atoms with Gasteiger partial charge in [-0.3, -0.25) is 0 Å². The van der Waals surface area contributed by atoms with Crippen molar-refractivity contribution in [3.05, 3.63) is 30.1 Å². The zero-order valence-electron chi connectivity index (χ0n) is 9.04. The number of morpholine rings is 1. The molecule has 7 heteroatoms. The lowest BCUT2D eigenvalue weighted by molar-refractivity contribution is 0.0350. The van der Waals surface area contributed by atoms with Crippen molar-refractivity contribution in [3.8, 4) is 0 Å². The maximum atomic E-state index is 12.7. The van der Waals surface area contributed by atoms with E-state index in [-0.39, 0.29) is 18.0 Å². The molecule has 0 radical (unpaired) electrons. The van der Waals surface area contributed by atoms with Gasteiger partial charge < -0.3 is 10.5 Å². The first-order chi connectivity index (χ1) is 8.01. The Morgan fingerprint density at radius 2 is 2.00 bits per heavy atom. The Morgan fingerprint density at radius 1 is 1.35 bits per heavy atom. The van der Waals surface area contributed by atoms with Crippen LogP contribution in [-0.2, 0) is 14.8 Å². The Bertz CT molecular complexity index is 489. The molecule has 1 aliphatic rings. The van der Waals surface area contributed by atoms with Crippen LogP contribution in [0.1, 0.15) is 0 Å². The van der Waals surface area contributed by atoms with E-state index in [1.807, 2.05) is 0 Å². The lowest BCUT2D eigenvalue weighted by Crippen LogP contribution is -2.53. The zero-order valence-corrected chi connectivity index (χ0v) is 9.86. The van der Waals surface area contributed by atoms with E-state index in [0.29, 0.717) is 6.61 Å². The van der Waals surface area contributed by atoms with E-state index in [0.717, 1.165) is 12.1 Å². The molecule has 1 heterocycles. The Kier molecular flexibility index (Phi) is 3.43. The Labute approximate surface area is 99.0 Å². The van der Waals surface area contributed by atoms with E-state index in [9.17, 15) is 12.8 Å². The van der Waals surface area contributed by atoms with Crippen LogP contribution in [0.3, 0.4) is 0 Å². The van der Waals surface area contributed by atoms with E-state index >= 15 is 0 Å². The van der Waals surface area contributed by atoms with Crippen LogP contribution >= 0.6 is 0 Å².